The summed E-state index contributed by atoms with van der Waals surface area (Å²) in [5.74, 6) is 0.495. The second kappa shape index (κ2) is 10.8. The highest BCUT2D eigenvalue weighted by Crippen LogP contribution is 2.40. The smallest absolute Gasteiger partial charge is 0.367 e. The van der Waals surface area contributed by atoms with Crippen LogP contribution in [0.3, 0.4) is 0 Å². The minimum absolute atomic E-state index is 0.0698. The molecule has 0 N–H and O–H groups in total. The molecule has 4 aromatic rings. The molecule has 220 valence electrons. The van der Waals surface area contributed by atoms with Gasteiger partial charge in [-0.05, 0) is 48.7 Å². The molecule has 0 spiro atoms. The van der Waals surface area contributed by atoms with E-state index in [2.05, 4.69) is 25.0 Å². The number of carbonyl (C=O) groups excluding carboxylic acids is 1. The van der Waals surface area contributed by atoms with Crippen LogP contribution in [0, 0.1) is 0 Å². The van der Waals surface area contributed by atoms with Gasteiger partial charge in [0.2, 0.25) is 11.9 Å². The van der Waals surface area contributed by atoms with Gasteiger partial charge in [-0.2, -0.15) is 18.3 Å². The van der Waals surface area contributed by atoms with E-state index in [0.29, 0.717) is 55.4 Å². The number of amides is 1. The van der Waals surface area contributed by atoms with Crippen LogP contribution in [0.25, 0.3) is 11.0 Å². The molecule has 10 nitrogen and oxygen atoms in total. The first-order valence-electron chi connectivity index (χ1n) is 13.9. The summed E-state index contributed by atoms with van der Waals surface area (Å²) in [5, 5.41) is 5.19. The summed E-state index contributed by atoms with van der Waals surface area (Å²) in [7, 11) is 3.70. The highest BCUT2D eigenvalue weighted by atomic mass is 19.4. The number of benzene rings is 1. The lowest BCUT2D eigenvalue weighted by molar-refractivity contribution is -0.138. The van der Waals surface area contributed by atoms with Crippen molar-refractivity contribution in [1.29, 1.82) is 0 Å². The molecule has 13 heteroatoms. The predicted octanol–water partition coefficient (Wildman–Crippen LogP) is 3.61. The molecule has 42 heavy (non-hydrogen) atoms. The topological polar surface area (TPSA) is 86.5 Å². The van der Waals surface area contributed by atoms with Crippen molar-refractivity contribution < 1.29 is 18.0 Å². The van der Waals surface area contributed by atoms with Crippen LogP contribution in [0.4, 0.5) is 30.5 Å². The normalized spacial score (nSPS) is 17.5. The number of hydrogen-bond donors (Lipinski definition) is 0. The average molecular weight is 580 g/mol. The molecule has 0 bridgehead atoms. The molecule has 1 atom stereocenters. The van der Waals surface area contributed by atoms with E-state index in [1.165, 1.54) is 6.07 Å². The van der Waals surface area contributed by atoms with Gasteiger partial charge in [-0.25, -0.2) is 19.6 Å². The molecule has 2 aliphatic heterocycles. The average Bonchev–Trinajstić information content (AvgIpc) is 3.38. The standard InChI is InChI=1S/C29H32F3N9O/c1-19-16-39(11-12-40(19)26(42)18-41-27-20(13-36-41)5-4-9-33-27)25-7-6-24(29(30,31)32)22-8-10-38(17-23(22)25)21-14-34-28(35-15-21)37(2)3/h4-7,9,13-15,19H,8,10-12,16-18H2,1-3H3/t19-/m1/s1. The summed E-state index contributed by atoms with van der Waals surface area (Å²) in [6.07, 6.45) is 2.61. The van der Waals surface area contributed by atoms with Crippen LogP contribution in [0.1, 0.15) is 23.6 Å². The van der Waals surface area contributed by atoms with E-state index in [1.807, 2.05) is 43.0 Å². The Balaban J connectivity index is 1.23. The monoisotopic (exact) mass is 579 g/mol. The van der Waals surface area contributed by atoms with Crippen molar-refractivity contribution in [2.75, 3.05) is 55.0 Å². The first kappa shape index (κ1) is 27.7. The third-order valence-electron chi connectivity index (χ3n) is 8.05. The predicted molar refractivity (Wildman–Crippen MR) is 153 cm³/mol. The minimum atomic E-state index is -4.44. The fourth-order valence-corrected chi connectivity index (χ4v) is 5.94. The van der Waals surface area contributed by atoms with Crippen LogP contribution in [-0.2, 0) is 30.5 Å². The van der Waals surface area contributed by atoms with Crippen molar-refractivity contribution in [3.8, 4) is 0 Å². The molecule has 0 unspecified atom stereocenters. The zero-order valence-electron chi connectivity index (χ0n) is 23.7. The third kappa shape index (κ3) is 5.19. The summed E-state index contributed by atoms with van der Waals surface area (Å²) in [6.45, 7) is 4.24. The summed E-state index contributed by atoms with van der Waals surface area (Å²) in [4.78, 5) is 34.2. The van der Waals surface area contributed by atoms with Crippen molar-refractivity contribution in [1.82, 2.24) is 29.6 Å². The Bertz CT molecular complexity index is 1600. The Hall–Kier alpha value is -4.42. The lowest BCUT2D eigenvalue weighted by Crippen LogP contribution is -2.55. The number of nitrogens with zero attached hydrogens (tertiary/aromatic N) is 9. The molecular formula is C29H32F3N9O. The second-order valence-corrected chi connectivity index (χ2v) is 11.0. The molecule has 1 fully saturated rings. The molecule has 2 aliphatic rings. The molecule has 6 rings (SSSR count). The summed E-state index contributed by atoms with van der Waals surface area (Å²) >= 11 is 0. The van der Waals surface area contributed by atoms with E-state index in [-0.39, 0.29) is 24.9 Å². The molecule has 0 aliphatic carbocycles. The maximum absolute atomic E-state index is 14.0. The maximum atomic E-state index is 14.0. The molecule has 1 amide bonds. The second-order valence-electron chi connectivity index (χ2n) is 11.0. The number of piperazine rings is 1. The maximum Gasteiger partial charge on any atom is 0.416 e. The van der Waals surface area contributed by atoms with Crippen molar-refractivity contribution in [2.24, 2.45) is 0 Å². The molecular weight excluding hydrogens is 547 g/mol. The van der Waals surface area contributed by atoms with Crippen LogP contribution in [0.15, 0.2) is 49.1 Å². The fraction of sp³-hybridized carbons (Fsp3) is 0.414. The van der Waals surface area contributed by atoms with Gasteiger partial charge in [-0.15, -0.1) is 0 Å². The van der Waals surface area contributed by atoms with Crippen molar-refractivity contribution in [2.45, 2.75) is 38.7 Å². The van der Waals surface area contributed by atoms with Crippen LogP contribution in [-0.4, -0.2) is 81.9 Å². The number of hydrogen-bond acceptors (Lipinski definition) is 8. The Morgan fingerprint density at radius 3 is 2.50 bits per heavy atom. The number of aromatic nitrogens is 5. The highest BCUT2D eigenvalue weighted by molar-refractivity contribution is 5.80. The van der Waals surface area contributed by atoms with Crippen molar-refractivity contribution >= 4 is 34.3 Å². The number of rotatable bonds is 5. The van der Waals surface area contributed by atoms with Gasteiger partial charge in [-0.3, -0.25) is 4.79 Å². The van der Waals surface area contributed by atoms with Gasteiger partial charge in [0.25, 0.3) is 0 Å². The van der Waals surface area contributed by atoms with E-state index < -0.39 is 11.7 Å². The number of halogens is 3. The molecule has 1 saturated heterocycles. The summed E-state index contributed by atoms with van der Waals surface area (Å²) < 4.78 is 43.7. The lowest BCUT2D eigenvalue weighted by atomic mass is 9.91. The van der Waals surface area contributed by atoms with Crippen LogP contribution < -0.4 is 14.7 Å². The van der Waals surface area contributed by atoms with Gasteiger partial charge < -0.3 is 19.6 Å². The zero-order chi connectivity index (χ0) is 29.6. The number of carbonyl (C=O) groups is 1. The van der Waals surface area contributed by atoms with Gasteiger partial charge in [0.05, 0.1) is 29.8 Å². The first-order chi connectivity index (χ1) is 20.1. The van der Waals surface area contributed by atoms with E-state index >= 15 is 0 Å². The minimum Gasteiger partial charge on any atom is -0.367 e. The number of fused-ring (bicyclic) bond motifs is 2. The lowest BCUT2D eigenvalue weighted by Gasteiger charge is -2.43. The highest BCUT2D eigenvalue weighted by Gasteiger charge is 2.38. The quantitative estimate of drug-likeness (QED) is 0.355. The van der Waals surface area contributed by atoms with E-state index in [1.54, 1.807) is 40.4 Å². The molecule has 0 saturated carbocycles. The summed E-state index contributed by atoms with van der Waals surface area (Å²) in [5.41, 5.74) is 2.61. The van der Waals surface area contributed by atoms with Gasteiger partial charge in [0.15, 0.2) is 5.65 Å². The first-order valence-corrected chi connectivity index (χ1v) is 13.9. The van der Waals surface area contributed by atoms with Gasteiger partial charge in [0, 0.05) is 70.1 Å². The number of anilines is 3. The van der Waals surface area contributed by atoms with Gasteiger partial charge in [0.1, 0.15) is 6.54 Å². The fourth-order valence-electron chi connectivity index (χ4n) is 5.94. The van der Waals surface area contributed by atoms with Crippen LogP contribution in [0.2, 0.25) is 0 Å². The van der Waals surface area contributed by atoms with E-state index in [4.69, 9.17) is 0 Å². The Kier molecular flexibility index (Phi) is 7.11. The van der Waals surface area contributed by atoms with Gasteiger partial charge >= 0.3 is 6.18 Å². The third-order valence-corrected chi connectivity index (χ3v) is 8.05. The number of alkyl halides is 3. The van der Waals surface area contributed by atoms with E-state index in [0.717, 1.165) is 16.8 Å². The molecule has 3 aromatic heterocycles. The van der Waals surface area contributed by atoms with Crippen molar-refractivity contribution in [3.05, 3.63) is 65.7 Å². The molecule has 0 radical (unpaired) electrons. The largest absolute Gasteiger partial charge is 0.416 e. The Morgan fingerprint density at radius 2 is 1.79 bits per heavy atom. The molecule has 1 aromatic carbocycles. The van der Waals surface area contributed by atoms with Crippen LogP contribution >= 0.6 is 0 Å². The van der Waals surface area contributed by atoms with Crippen LogP contribution in [0.5, 0.6) is 0 Å². The zero-order valence-corrected chi connectivity index (χ0v) is 23.7. The summed E-state index contributed by atoms with van der Waals surface area (Å²) in [6, 6.07) is 6.37. The Morgan fingerprint density at radius 1 is 1.00 bits per heavy atom. The SMILES string of the molecule is C[C@@H]1CN(c2ccc(C(F)(F)F)c3c2CN(c2cnc(N(C)C)nc2)CC3)CCN1C(=O)Cn1ncc2cccnc21. The molecule has 5 heterocycles. The number of pyridine rings is 1. The van der Waals surface area contributed by atoms with Gasteiger partial charge in [-0.1, -0.05) is 0 Å². The van der Waals surface area contributed by atoms with Crippen molar-refractivity contribution in [3.63, 3.8) is 0 Å². The van der Waals surface area contributed by atoms with E-state index in [9.17, 15) is 18.0 Å². The Labute approximate surface area is 241 Å².